The molecule has 0 fully saturated rings. The van der Waals surface area contributed by atoms with Gasteiger partial charge in [0.15, 0.2) is 0 Å². The second kappa shape index (κ2) is 20.0. The smallest absolute Gasteiger partial charge is 0.139 e. The van der Waals surface area contributed by atoms with Crippen molar-refractivity contribution < 1.29 is 4.74 Å². The summed E-state index contributed by atoms with van der Waals surface area (Å²) in [6.45, 7) is 31.7. The third-order valence-corrected chi connectivity index (χ3v) is 17.2. The normalized spacial score (nSPS) is 13.5. The molecule has 0 spiro atoms. The van der Waals surface area contributed by atoms with Gasteiger partial charge in [-0.1, -0.05) is 115 Å². The topological polar surface area (TPSA) is 105 Å². The summed E-state index contributed by atoms with van der Waals surface area (Å²) in [5.74, 6) is 1.59. The van der Waals surface area contributed by atoms with Gasteiger partial charge in [0.05, 0.1) is 45.6 Å². The van der Waals surface area contributed by atoms with Crippen LogP contribution >= 0.6 is 0 Å². The van der Waals surface area contributed by atoms with Crippen molar-refractivity contribution in [2.75, 3.05) is 0 Å². The van der Waals surface area contributed by atoms with Crippen LogP contribution in [0.3, 0.4) is 0 Å². The van der Waals surface area contributed by atoms with Gasteiger partial charge in [-0.3, -0.25) is 9.97 Å². The lowest BCUT2D eigenvalue weighted by molar-refractivity contribution is 0.418. The maximum absolute atomic E-state index is 7.91. The van der Waals surface area contributed by atoms with Gasteiger partial charge in [0, 0.05) is 78.8 Å². The Labute approximate surface area is 493 Å². The number of nitrogens with one attached hydrogen (secondary N) is 2. The summed E-state index contributed by atoms with van der Waals surface area (Å²) in [6.07, 6.45) is 12.3. The molecule has 416 valence electrons. The molecule has 10 aromatic rings. The summed E-state index contributed by atoms with van der Waals surface area (Å²) in [6, 6.07) is 45.8. The zero-order valence-corrected chi connectivity index (χ0v) is 50.7. The van der Waals surface area contributed by atoms with E-state index in [9.17, 15) is 0 Å². The highest BCUT2D eigenvalue weighted by molar-refractivity contribution is 6.00. The largest absolute Gasteiger partial charge is 0.455 e. The van der Waals surface area contributed by atoms with Crippen LogP contribution in [0.15, 0.2) is 140 Å². The summed E-state index contributed by atoms with van der Waals surface area (Å²) in [7, 11) is 0. The number of aromatic nitrogens is 7. The number of rotatable bonds is 6. The van der Waals surface area contributed by atoms with Crippen LogP contribution in [-0.4, -0.2) is 34.9 Å². The van der Waals surface area contributed by atoms with Crippen molar-refractivity contribution in [3.05, 3.63) is 218 Å². The number of pyridine rings is 3. The highest BCUT2D eigenvalue weighted by Crippen LogP contribution is 2.57. The zero-order valence-electron chi connectivity index (χ0n) is 50.7. The van der Waals surface area contributed by atoms with E-state index in [0.717, 1.165) is 135 Å². The van der Waals surface area contributed by atoms with Crippen molar-refractivity contribution in [1.82, 2.24) is 34.9 Å². The van der Waals surface area contributed by atoms with Crippen molar-refractivity contribution in [2.24, 2.45) is 0 Å². The minimum atomic E-state index is -0.563. The fourth-order valence-corrected chi connectivity index (χ4v) is 13.0. The van der Waals surface area contributed by atoms with Crippen LogP contribution in [0, 0.1) is 41.5 Å². The third kappa shape index (κ3) is 9.48. The Kier molecular flexibility index (Phi) is 12.8. The van der Waals surface area contributed by atoms with Gasteiger partial charge in [-0.25, -0.2) is 15.0 Å². The number of fused-ring (bicyclic) bond motifs is 10. The van der Waals surface area contributed by atoms with Crippen LogP contribution in [0.5, 0.6) is 11.5 Å². The maximum Gasteiger partial charge on any atom is 0.139 e. The number of aryl methyl sites for hydroxylation is 6. The fraction of sp³-hybridized carbons (Fsp3) is 0.224. The van der Waals surface area contributed by atoms with Gasteiger partial charge in [-0.2, -0.15) is 0 Å². The molecule has 13 rings (SSSR count). The van der Waals surface area contributed by atoms with Gasteiger partial charge >= 0.3 is 0 Å². The molecule has 0 atom stereocenters. The molecule has 0 saturated carbocycles. The van der Waals surface area contributed by atoms with Crippen molar-refractivity contribution in [3.8, 4) is 78.8 Å². The van der Waals surface area contributed by atoms with Gasteiger partial charge in [-0.05, 0) is 206 Å². The van der Waals surface area contributed by atoms with E-state index in [-0.39, 0.29) is 10.8 Å². The van der Waals surface area contributed by atoms with E-state index in [2.05, 4.69) is 222 Å². The molecule has 3 aliphatic rings. The molecular formula is C76H71N7O. The highest BCUT2D eigenvalue weighted by Gasteiger charge is 2.40. The first kappa shape index (κ1) is 54.0. The van der Waals surface area contributed by atoms with Gasteiger partial charge in [0.1, 0.15) is 11.5 Å². The van der Waals surface area contributed by atoms with E-state index in [1.807, 2.05) is 48.8 Å². The quantitative estimate of drug-likeness (QED) is 0.172. The van der Waals surface area contributed by atoms with Crippen molar-refractivity contribution in [2.45, 2.75) is 113 Å². The average Bonchev–Trinajstić information content (AvgIpc) is 1.01. The molecule has 8 nitrogen and oxygen atoms in total. The lowest BCUT2D eigenvalue weighted by Gasteiger charge is -2.39. The molecule has 84 heavy (non-hydrogen) atoms. The maximum atomic E-state index is 7.91. The SMILES string of the molecule is Cc1cc(C)c(-c2c3nc(c(-c4cc(C(C)(C)C)cc5c4Oc4c(-c6cc(-c7ccccn7)nc(-c7ccccn7)c6)cc(C(C)(C)C)cc4C5(C)C)c4ccc([nH]4)c(-c4c(C)cc(C)cc4C)c4nc(cc5ccc2[nH]5)C=C4)C=C3)c(C)c1. The van der Waals surface area contributed by atoms with E-state index in [0.29, 0.717) is 0 Å². The predicted octanol–water partition coefficient (Wildman–Crippen LogP) is 19.7. The summed E-state index contributed by atoms with van der Waals surface area (Å²) >= 11 is 0. The molecule has 0 unspecified atom stereocenters. The number of benzene rings is 4. The van der Waals surface area contributed by atoms with Crippen LogP contribution < -0.4 is 4.74 Å². The van der Waals surface area contributed by atoms with Gasteiger partial charge in [-0.15, -0.1) is 0 Å². The van der Waals surface area contributed by atoms with Crippen LogP contribution in [0.2, 0.25) is 0 Å². The fourth-order valence-electron chi connectivity index (χ4n) is 13.0. The first-order chi connectivity index (χ1) is 40.1. The molecule has 8 bridgehead atoms. The molecule has 9 heterocycles. The molecule has 2 N–H and O–H groups in total. The number of hydrogen-bond acceptors (Lipinski definition) is 6. The standard InChI is InChI=1S/C76H71N7O/c1-42-31-44(3)67(45(4)32-42)70-61-23-21-51(79-61)41-52-22-24-62(80-52)71(68-46(5)33-43(2)34-47(68)6)64-28-26-60(82-64)69(59-25-27-63(70)81-59)54-38-50(75(10,11)12)40-56-73(54)84-72-53(37-49(74(7,8)9)39-55(72)76(56,13)14)48-35-65(57-19-15-17-29-77-57)83-66(36-48)58-20-16-18-30-78-58/h15-41,79,82H,1-14H3. The minimum absolute atomic E-state index is 0.207. The summed E-state index contributed by atoms with van der Waals surface area (Å²) in [4.78, 5) is 34.0. The molecule has 3 aliphatic heterocycles. The molecule has 0 aliphatic carbocycles. The Morgan fingerprint density at radius 2 is 0.881 bits per heavy atom. The molecule has 8 heteroatoms. The Morgan fingerprint density at radius 3 is 1.40 bits per heavy atom. The molecule has 6 aromatic heterocycles. The van der Waals surface area contributed by atoms with E-state index < -0.39 is 5.41 Å². The van der Waals surface area contributed by atoms with Crippen molar-refractivity contribution in [1.29, 1.82) is 0 Å². The Hall–Kier alpha value is -9.27. The van der Waals surface area contributed by atoms with Crippen LogP contribution in [0.1, 0.15) is 134 Å². The van der Waals surface area contributed by atoms with Gasteiger partial charge < -0.3 is 14.7 Å². The Bertz CT molecular complexity index is 4450. The highest BCUT2D eigenvalue weighted by atomic mass is 16.5. The van der Waals surface area contributed by atoms with Crippen LogP contribution in [-0.2, 0) is 16.2 Å². The molecule has 0 saturated heterocycles. The number of ether oxygens (including phenoxy) is 1. The predicted molar refractivity (Wildman–Crippen MR) is 349 cm³/mol. The average molecular weight is 1100 g/mol. The van der Waals surface area contributed by atoms with Crippen LogP contribution in [0.25, 0.3) is 114 Å². The molecule has 4 aromatic carbocycles. The number of hydrogen-bond donors (Lipinski definition) is 2. The number of H-pyrrole nitrogens is 2. The Morgan fingerprint density at radius 1 is 0.417 bits per heavy atom. The van der Waals surface area contributed by atoms with E-state index >= 15 is 0 Å². The summed E-state index contributed by atoms with van der Waals surface area (Å²) in [5, 5.41) is 0. The minimum Gasteiger partial charge on any atom is -0.455 e. The number of aromatic amines is 2. The van der Waals surface area contributed by atoms with Crippen molar-refractivity contribution in [3.63, 3.8) is 0 Å². The molecule has 0 amide bonds. The van der Waals surface area contributed by atoms with Crippen molar-refractivity contribution >= 4 is 46.4 Å². The van der Waals surface area contributed by atoms with Crippen LogP contribution in [0.4, 0.5) is 0 Å². The second-order valence-corrected chi connectivity index (χ2v) is 26.0. The van der Waals surface area contributed by atoms with E-state index in [4.69, 9.17) is 29.7 Å². The van der Waals surface area contributed by atoms with Gasteiger partial charge in [0.2, 0.25) is 0 Å². The summed E-state index contributed by atoms with van der Waals surface area (Å²) in [5.41, 5.74) is 29.2. The molecule has 0 radical (unpaired) electrons. The summed E-state index contributed by atoms with van der Waals surface area (Å²) < 4.78 is 7.91. The first-order valence-corrected chi connectivity index (χ1v) is 29.3. The zero-order chi connectivity index (χ0) is 58.7. The second-order valence-electron chi connectivity index (χ2n) is 26.0. The van der Waals surface area contributed by atoms with E-state index in [1.54, 1.807) is 0 Å². The van der Waals surface area contributed by atoms with Gasteiger partial charge in [0.25, 0.3) is 0 Å². The third-order valence-electron chi connectivity index (χ3n) is 17.2. The Balaban J connectivity index is 1.16. The lowest BCUT2D eigenvalue weighted by atomic mass is 9.70. The number of nitrogens with zero attached hydrogens (tertiary/aromatic N) is 5. The lowest BCUT2D eigenvalue weighted by Crippen LogP contribution is -2.27. The monoisotopic (exact) mass is 1100 g/mol. The van der Waals surface area contributed by atoms with E-state index in [1.165, 1.54) is 44.5 Å². The molecular weight excluding hydrogens is 1030 g/mol. The first-order valence-electron chi connectivity index (χ1n) is 29.3.